The van der Waals surface area contributed by atoms with E-state index < -0.39 is 10.0 Å². The summed E-state index contributed by atoms with van der Waals surface area (Å²) in [5.74, 6) is 1.10. The lowest BCUT2D eigenvalue weighted by molar-refractivity contribution is 0.344. The SMILES string of the molecule is CCOc1ccc(S(=O)(=O)N2CCC(CNC)C2)c2ccccc12. The van der Waals surface area contributed by atoms with Crippen molar-refractivity contribution in [2.75, 3.05) is 33.3 Å². The lowest BCUT2D eigenvalue weighted by atomic mass is 10.1. The minimum absolute atomic E-state index is 0.367. The molecule has 24 heavy (non-hydrogen) atoms. The first-order valence-electron chi connectivity index (χ1n) is 8.37. The van der Waals surface area contributed by atoms with E-state index >= 15 is 0 Å². The Balaban J connectivity index is 2.01. The number of ether oxygens (including phenoxy) is 1. The van der Waals surface area contributed by atoms with Crippen LogP contribution in [0.3, 0.4) is 0 Å². The lowest BCUT2D eigenvalue weighted by Gasteiger charge is -2.19. The molecule has 0 spiro atoms. The molecular formula is C18H24N2O3S. The molecule has 1 atom stereocenters. The Labute approximate surface area is 143 Å². The number of nitrogens with zero attached hydrogens (tertiary/aromatic N) is 1. The van der Waals surface area contributed by atoms with Crippen LogP contribution in [0.15, 0.2) is 41.3 Å². The number of fused-ring (bicyclic) bond motifs is 1. The van der Waals surface area contributed by atoms with Gasteiger partial charge in [-0.2, -0.15) is 4.31 Å². The van der Waals surface area contributed by atoms with Crippen LogP contribution >= 0.6 is 0 Å². The number of nitrogens with one attached hydrogen (secondary N) is 1. The predicted molar refractivity (Wildman–Crippen MR) is 95.9 cm³/mol. The molecule has 1 N–H and O–H groups in total. The summed E-state index contributed by atoms with van der Waals surface area (Å²) in [7, 11) is -1.60. The Bertz CT molecular complexity index is 820. The molecule has 5 nitrogen and oxygen atoms in total. The second kappa shape index (κ2) is 7.09. The number of benzene rings is 2. The van der Waals surface area contributed by atoms with E-state index in [1.807, 2.05) is 38.2 Å². The monoisotopic (exact) mass is 348 g/mol. The number of hydrogen-bond acceptors (Lipinski definition) is 4. The molecule has 1 fully saturated rings. The van der Waals surface area contributed by atoms with Gasteiger partial charge in [0.05, 0.1) is 11.5 Å². The van der Waals surface area contributed by atoms with Crippen molar-refractivity contribution in [2.24, 2.45) is 5.92 Å². The highest BCUT2D eigenvalue weighted by Gasteiger charge is 2.33. The van der Waals surface area contributed by atoms with Crippen molar-refractivity contribution in [3.8, 4) is 5.75 Å². The zero-order valence-corrected chi connectivity index (χ0v) is 15.0. The summed E-state index contributed by atoms with van der Waals surface area (Å²) in [6.07, 6.45) is 0.898. The molecule has 0 amide bonds. The fourth-order valence-electron chi connectivity index (χ4n) is 3.36. The van der Waals surface area contributed by atoms with E-state index in [0.29, 0.717) is 30.5 Å². The Morgan fingerprint density at radius 2 is 1.96 bits per heavy atom. The highest BCUT2D eigenvalue weighted by atomic mass is 32.2. The fraction of sp³-hybridized carbons (Fsp3) is 0.444. The van der Waals surface area contributed by atoms with Crippen molar-refractivity contribution in [3.05, 3.63) is 36.4 Å². The first-order valence-corrected chi connectivity index (χ1v) is 9.81. The lowest BCUT2D eigenvalue weighted by Crippen LogP contribution is -2.30. The molecule has 6 heteroatoms. The second-order valence-electron chi connectivity index (χ2n) is 6.12. The smallest absolute Gasteiger partial charge is 0.243 e. The third-order valence-corrected chi connectivity index (χ3v) is 6.43. The van der Waals surface area contributed by atoms with Gasteiger partial charge in [0.15, 0.2) is 0 Å². The molecule has 2 aromatic carbocycles. The van der Waals surface area contributed by atoms with E-state index in [-0.39, 0.29) is 0 Å². The van der Waals surface area contributed by atoms with Gasteiger partial charge in [-0.15, -0.1) is 0 Å². The topological polar surface area (TPSA) is 58.6 Å². The standard InChI is InChI=1S/C18H24N2O3S/c1-3-23-17-8-9-18(16-7-5-4-6-15(16)17)24(21,22)20-11-10-14(13-20)12-19-2/h4-9,14,19H,3,10-13H2,1-2H3. The quantitative estimate of drug-likeness (QED) is 0.871. The van der Waals surface area contributed by atoms with Crippen LogP contribution in [0.25, 0.3) is 10.8 Å². The van der Waals surface area contributed by atoms with Gasteiger partial charge < -0.3 is 10.1 Å². The van der Waals surface area contributed by atoms with E-state index in [4.69, 9.17) is 4.74 Å². The Kier molecular flexibility index (Phi) is 5.08. The molecule has 3 rings (SSSR count). The van der Waals surface area contributed by atoms with Crippen molar-refractivity contribution >= 4 is 20.8 Å². The average Bonchev–Trinajstić information content (AvgIpc) is 3.05. The van der Waals surface area contributed by atoms with Crippen molar-refractivity contribution in [1.29, 1.82) is 0 Å². The minimum Gasteiger partial charge on any atom is -0.493 e. The Morgan fingerprint density at radius 3 is 2.67 bits per heavy atom. The second-order valence-corrected chi connectivity index (χ2v) is 8.02. The minimum atomic E-state index is -3.50. The maximum Gasteiger partial charge on any atom is 0.243 e. The van der Waals surface area contributed by atoms with Gasteiger partial charge >= 0.3 is 0 Å². The van der Waals surface area contributed by atoms with Crippen molar-refractivity contribution in [3.63, 3.8) is 0 Å². The van der Waals surface area contributed by atoms with Crippen LogP contribution in [0, 0.1) is 5.92 Å². The normalized spacial score (nSPS) is 19.0. The maximum atomic E-state index is 13.1. The molecule has 1 heterocycles. The summed E-state index contributed by atoms with van der Waals surface area (Å²) in [5, 5.41) is 4.70. The van der Waals surface area contributed by atoms with Crippen LogP contribution in [-0.2, 0) is 10.0 Å². The van der Waals surface area contributed by atoms with Gasteiger partial charge in [0, 0.05) is 23.9 Å². The molecule has 1 aliphatic rings. The number of sulfonamides is 1. The van der Waals surface area contributed by atoms with E-state index in [9.17, 15) is 8.42 Å². The average molecular weight is 348 g/mol. The van der Waals surface area contributed by atoms with Gasteiger partial charge in [-0.25, -0.2) is 8.42 Å². The van der Waals surface area contributed by atoms with Gasteiger partial charge in [-0.3, -0.25) is 0 Å². The molecular weight excluding hydrogens is 324 g/mol. The van der Waals surface area contributed by atoms with Crippen molar-refractivity contribution in [2.45, 2.75) is 18.2 Å². The van der Waals surface area contributed by atoms with Gasteiger partial charge in [0.2, 0.25) is 10.0 Å². The van der Waals surface area contributed by atoms with E-state index in [0.717, 1.165) is 29.5 Å². The van der Waals surface area contributed by atoms with Crippen molar-refractivity contribution in [1.82, 2.24) is 9.62 Å². The van der Waals surface area contributed by atoms with Gasteiger partial charge in [0.25, 0.3) is 0 Å². The summed E-state index contributed by atoms with van der Waals surface area (Å²) >= 11 is 0. The van der Waals surface area contributed by atoms with Crippen LogP contribution in [0.1, 0.15) is 13.3 Å². The molecule has 0 bridgehead atoms. The number of rotatable bonds is 6. The molecule has 2 aromatic rings. The van der Waals surface area contributed by atoms with E-state index in [1.54, 1.807) is 16.4 Å². The summed E-state index contributed by atoms with van der Waals surface area (Å²) < 4.78 is 33.5. The van der Waals surface area contributed by atoms with Crippen LogP contribution < -0.4 is 10.1 Å². The summed E-state index contributed by atoms with van der Waals surface area (Å²) in [4.78, 5) is 0.367. The molecule has 1 unspecified atom stereocenters. The fourth-order valence-corrected chi connectivity index (χ4v) is 5.09. The summed E-state index contributed by atoms with van der Waals surface area (Å²) in [5.41, 5.74) is 0. The van der Waals surface area contributed by atoms with Gasteiger partial charge in [-0.1, -0.05) is 24.3 Å². The van der Waals surface area contributed by atoms with Crippen LogP contribution in [0.2, 0.25) is 0 Å². The van der Waals surface area contributed by atoms with Crippen LogP contribution in [-0.4, -0.2) is 46.0 Å². The molecule has 0 aliphatic carbocycles. The first-order chi connectivity index (χ1) is 11.6. The Hall–Kier alpha value is -1.63. The molecule has 1 aliphatic heterocycles. The van der Waals surface area contributed by atoms with Gasteiger partial charge in [-0.05, 0) is 45.0 Å². The highest BCUT2D eigenvalue weighted by molar-refractivity contribution is 7.89. The van der Waals surface area contributed by atoms with Crippen LogP contribution in [0.5, 0.6) is 5.75 Å². The molecule has 0 saturated carbocycles. The van der Waals surface area contributed by atoms with Crippen molar-refractivity contribution < 1.29 is 13.2 Å². The number of hydrogen-bond donors (Lipinski definition) is 1. The van der Waals surface area contributed by atoms with E-state index in [1.165, 1.54) is 0 Å². The third-order valence-electron chi connectivity index (χ3n) is 4.50. The maximum absolute atomic E-state index is 13.1. The summed E-state index contributed by atoms with van der Waals surface area (Å²) in [6.45, 7) is 4.47. The Morgan fingerprint density at radius 1 is 1.21 bits per heavy atom. The third kappa shape index (κ3) is 3.14. The first kappa shape index (κ1) is 17.2. The summed E-state index contributed by atoms with van der Waals surface area (Å²) in [6, 6.07) is 11.0. The van der Waals surface area contributed by atoms with Crippen LogP contribution in [0.4, 0.5) is 0 Å². The van der Waals surface area contributed by atoms with Gasteiger partial charge in [0.1, 0.15) is 5.75 Å². The molecule has 0 aromatic heterocycles. The predicted octanol–water partition coefficient (Wildman–Crippen LogP) is 2.47. The molecule has 1 saturated heterocycles. The van der Waals surface area contributed by atoms with E-state index in [2.05, 4.69) is 5.32 Å². The zero-order valence-electron chi connectivity index (χ0n) is 14.2. The highest BCUT2D eigenvalue weighted by Crippen LogP contribution is 2.34. The zero-order chi connectivity index (χ0) is 17.2. The molecule has 0 radical (unpaired) electrons. The largest absolute Gasteiger partial charge is 0.493 e. The molecule has 130 valence electrons.